The van der Waals surface area contributed by atoms with Gasteiger partial charge in [0, 0.05) is 0 Å². The van der Waals surface area contributed by atoms with Gasteiger partial charge in [-0.2, -0.15) is 0 Å². The number of fused-ring (bicyclic) bond motifs is 5. The third-order valence-corrected chi connectivity index (χ3v) is 6.84. The van der Waals surface area contributed by atoms with Crippen molar-refractivity contribution in [2.75, 3.05) is 7.11 Å². The highest BCUT2D eigenvalue weighted by Gasteiger charge is 2.46. The molecule has 1 aromatic carbocycles. The first kappa shape index (κ1) is 13.7. The van der Waals surface area contributed by atoms with E-state index in [0.29, 0.717) is 0 Å². The quantitative estimate of drug-likeness (QED) is 0.726. The van der Waals surface area contributed by atoms with Crippen molar-refractivity contribution in [1.29, 1.82) is 0 Å². The summed E-state index contributed by atoms with van der Waals surface area (Å²) in [6, 6.07) is 6.84. The SMILES string of the molecule is CCC1C[C@H]2CC[C@@H]3c4ccc(OC)cc4CC[C@H]3[C@@H]2C1. The Kier molecular flexibility index (Phi) is 3.47. The van der Waals surface area contributed by atoms with Crippen LogP contribution < -0.4 is 4.74 Å². The molecule has 21 heavy (non-hydrogen) atoms. The fraction of sp³-hybridized carbons (Fsp3) is 0.700. The number of methoxy groups -OCH3 is 1. The Hall–Kier alpha value is -0.980. The number of aryl methyl sites for hydroxylation is 1. The van der Waals surface area contributed by atoms with Crippen LogP contribution in [0, 0.1) is 23.7 Å². The average Bonchev–Trinajstić information content (AvgIpc) is 2.97. The molecule has 1 nitrogen and oxygen atoms in total. The smallest absolute Gasteiger partial charge is 0.119 e. The van der Waals surface area contributed by atoms with Crippen LogP contribution in [0.4, 0.5) is 0 Å². The molecule has 0 heterocycles. The fourth-order valence-corrected chi connectivity index (χ4v) is 5.78. The molecule has 3 aliphatic rings. The predicted molar refractivity (Wildman–Crippen MR) is 86.8 cm³/mol. The molecule has 0 N–H and O–H groups in total. The maximum absolute atomic E-state index is 5.41. The molecule has 0 radical (unpaired) electrons. The van der Waals surface area contributed by atoms with Gasteiger partial charge in [0.05, 0.1) is 7.11 Å². The van der Waals surface area contributed by atoms with Crippen LogP contribution in [0.5, 0.6) is 5.75 Å². The highest BCUT2D eigenvalue weighted by Crippen LogP contribution is 2.56. The summed E-state index contributed by atoms with van der Waals surface area (Å²) in [6.07, 6.45) is 10.1. The van der Waals surface area contributed by atoms with Crippen LogP contribution in [0.1, 0.15) is 62.5 Å². The van der Waals surface area contributed by atoms with Crippen molar-refractivity contribution < 1.29 is 4.74 Å². The summed E-state index contributed by atoms with van der Waals surface area (Å²) in [5.74, 6) is 5.96. The van der Waals surface area contributed by atoms with Crippen LogP contribution in [0.3, 0.4) is 0 Å². The molecule has 0 aliphatic heterocycles. The molecule has 0 aromatic heterocycles. The van der Waals surface area contributed by atoms with Crippen molar-refractivity contribution in [1.82, 2.24) is 0 Å². The molecule has 114 valence electrons. The van der Waals surface area contributed by atoms with Crippen LogP contribution in [-0.4, -0.2) is 7.11 Å². The largest absolute Gasteiger partial charge is 0.497 e. The van der Waals surface area contributed by atoms with Crippen LogP contribution in [0.15, 0.2) is 18.2 Å². The number of hydrogen-bond acceptors (Lipinski definition) is 1. The van der Waals surface area contributed by atoms with E-state index in [9.17, 15) is 0 Å². The first-order chi connectivity index (χ1) is 10.3. The predicted octanol–water partition coefficient (Wildman–Crippen LogP) is 5.19. The molecule has 3 aliphatic carbocycles. The topological polar surface area (TPSA) is 9.23 Å². The van der Waals surface area contributed by atoms with Crippen molar-refractivity contribution >= 4 is 0 Å². The summed E-state index contributed by atoms with van der Waals surface area (Å²) < 4.78 is 5.41. The van der Waals surface area contributed by atoms with Gasteiger partial charge in [-0.3, -0.25) is 0 Å². The van der Waals surface area contributed by atoms with Crippen LogP contribution in [-0.2, 0) is 6.42 Å². The molecule has 2 saturated carbocycles. The standard InChI is InChI=1S/C20H28O/c1-3-13-10-14-4-7-18-17-9-6-16(21-2)12-15(17)5-8-19(18)20(14)11-13/h6,9,12-14,18-20H,3-5,7-8,10-11H2,1-2H3/t13?,14-,18-,19-,20-/m1/s1. The lowest BCUT2D eigenvalue weighted by atomic mass is 9.61. The first-order valence-electron chi connectivity index (χ1n) is 8.97. The summed E-state index contributed by atoms with van der Waals surface area (Å²) in [4.78, 5) is 0. The minimum absolute atomic E-state index is 0.844. The lowest BCUT2D eigenvalue weighted by molar-refractivity contribution is 0.136. The Morgan fingerprint density at radius 2 is 2.00 bits per heavy atom. The van der Waals surface area contributed by atoms with E-state index >= 15 is 0 Å². The first-order valence-corrected chi connectivity index (χ1v) is 8.97. The van der Waals surface area contributed by atoms with E-state index in [1.165, 1.54) is 44.9 Å². The zero-order valence-corrected chi connectivity index (χ0v) is 13.5. The summed E-state index contributed by atoms with van der Waals surface area (Å²) in [5.41, 5.74) is 3.23. The number of hydrogen-bond donors (Lipinski definition) is 0. The van der Waals surface area contributed by atoms with Gasteiger partial charge in [0.2, 0.25) is 0 Å². The molecule has 0 spiro atoms. The van der Waals surface area contributed by atoms with E-state index in [2.05, 4.69) is 25.1 Å². The van der Waals surface area contributed by atoms with Gasteiger partial charge in [-0.15, -0.1) is 0 Å². The monoisotopic (exact) mass is 284 g/mol. The lowest BCUT2D eigenvalue weighted by Crippen LogP contribution is -2.34. The summed E-state index contributed by atoms with van der Waals surface area (Å²) in [7, 11) is 1.78. The van der Waals surface area contributed by atoms with Crippen LogP contribution >= 0.6 is 0 Å². The fourth-order valence-electron chi connectivity index (χ4n) is 5.78. The third-order valence-electron chi connectivity index (χ3n) is 6.84. The second kappa shape index (κ2) is 5.34. The van der Waals surface area contributed by atoms with Crippen molar-refractivity contribution in [2.45, 2.75) is 57.8 Å². The summed E-state index contributed by atoms with van der Waals surface area (Å²) >= 11 is 0. The Morgan fingerprint density at radius 3 is 2.81 bits per heavy atom. The average molecular weight is 284 g/mol. The Balaban J connectivity index is 1.62. The Labute approximate surface area is 129 Å². The molecule has 0 amide bonds. The minimum Gasteiger partial charge on any atom is -0.497 e. The number of ether oxygens (including phenoxy) is 1. The van der Waals surface area contributed by atoms with Gasteiger partial charge in [0.25, 0.3) is 0 Å². The van der Waals surface area contributed by atoms with E-state index < -0.39 is 0 Å². The highest BCUT2D eigenvalue weighted by atomic mass is 16.5. The van der Waals surface area contributed by atoms with Crippen molar-refractivity contribution in [3.8, 4) is 5.75 Å². The van der Waals surface area contributed by atoms with Gasteiger partial charge < -0.3 is 4.74 Å². The zero-order chi connectivity index (χ0) is 14.4. The maximum Gasteiger partial charge on any atom is 0.119 e. The Bertz CT molecular complexity index is 521. The lowest BCUT2D eigenvalue weighted by Gasteiger charge is -2.44. The van der Waals surface area contributed by atoms with Gasteiger partial charge in [-0.05, 0) is 91.4 Å². The van der Waals surface area contributed by atoms with Crippen molar-refractivity contribution in [3.63, 3.8) is 0 Å². The second-order valence-corrected chi connectivity index (χ2v) is 7.62. The van der Waals surface area contributed by atoms with E-state index in [4.69, 9.17) is 4.74 Å². The maximum atomic E-state index is 5.41. The minimum atomic E-state index is 0.844. The van der Waals surface area contributed by atoms with E-state index in [1.807, 2.05) is 0 Å². The summed E-state index contributed by atoms with van der Waals surface area (Å²) in [5, 5.41) is 0. The molecule has 4 rings (SSSR count). The zero-order valence-electron chi connectivity index (χ0n) is 13.5. The van der Waals surface area contributed by atoms with Crippen molar-refractivity contribution in [2.24, 2.45) is 23.7 Å². The molecular formula is C20H28O. The highest BCUT2D eigenvalue weighted by molar-refractivity contribution is 5.40. The molecule has 1 heteroatoms. The third kappa shape index (κ3) is 2.20. The van der Waals surface area contributed by atoms with Crippen LogP contribution in [0.25, 0.3) is 0 Å². The van der Waals surface area contributed by atoms with Crippen LogP contribution in [0.2, 0.25) is 0 Å². The van der Waals surface area contributed by atoms with Gasteiger partial charge >= 0.3 is 0 Å². The van der Waals surface area contributed by atoms with Gasteiger partial charge in [-0.1, -0.05) is 19.4 Å². The molecule has 1 aromatic rings. The van der Waals surface area contributed by atoms with Gasteiger partial charge in [-0.25, -0.2) is 0 Å². The number of rotatable bonds is 2. The van der Waals surface area contributed by atoms with Gasteiger partial charge in [0.1, 0.15) is 5.75 Å². The van der Waals surface area contributed by atoms with Gasteiger partial charge in [0.15, 0.2) is 0 Å². The van der Waals surface area contributed by atoms with E-state index in [1.54, 1.807) is 18.2 Å². The molecule has 1 unspecified atom stereocenters. The molecular weight excluding hydrogens is 256 g/mol. The van der Waals surface area contributed by atoms with Crippen molar-refractivity contribution in [3.05, 3.63) is 29.3 Å². The normalized spacial score (nSPS) is 37.5. The van der Waals surface area contributed by atoms with E-state index in [0.717, 1.165) is 35.3 Å². The number of benzene rings is 1. The molecule has 0 saturated heterocycles. The molecule has 2 fully saturated rings. The summed E-state index contributed by atoms with van der Waals surface area (Å²) in [6.45, 7) is 2.39. The second-order valence-electron chi connectivity index (χ2n) is 7.62. The molecule has 5 atom stereocenters. The van der Waals surface area contributed by atoms with E-state index in [-0.39, 0.29) is 0 Å². The Morgan fingerprint density at radius 1 is 1.10 bits per heavy atom. The molecule has 0 bridgehead atoms.